The Hall–Kier alpha value is -3.94. The second-order valence-corrected chi connectivity index (χ2v) is 13.1. The van der Waals surface area contributed by atoms with E-state index in [1.165, 1.54) is 29.1 Å². The van der Waals surface area contributed by atoms with E-state index in [-0.39, 0.29) is 61.2 Å². The van der Waals surface area contributed by atoms with E-state index >= 15 is 4.39 Å². The molecule has 0 bridgehead atoms. The van der Waals surface area contributed by atoms with Gasteiger partial charge in [-0.1, -0.05) is 26.8 Å². The summed E-state index contributed by atoms with van der Waals surface area (Å²) in [6, 6.07) is 3.65. The van der Waals surface area contributed by atoms with Gasteiger partial charge >= 0.3 is 0 Å². The fraction of sp³-hybridized carbons (Fsp3) is 0.618. The molecule has 4 rings (SSSR count). The predicted octanol–water partition coefficient (Wildman–Crippen LogP) is 4.01. The molecule has 0 radical (unpaired) electrons. The number of alkyl halides is 2. The molecule has 1 aromatic carbocycles. The lowest BCUT2D eigenvalue weighted by atomic mass is 9.76. The van der Waals surface area contributed by atoms with Crippen LogP contribution in [0.5, 0.6) is 0 Å². The molecule has 1 aliphatic heterocycles. The standard InChI is InChI=1S/C34H48F3N7O4/c1-6-28(45)40-30(33(48)43-18-16-42(5)17-19-43)22(4)24-8-9-26(25(35)20-24)39-32(47)29(21(3)23-10-13-34(36,37)14-11-23)41-31(46)27-12-15-38-44(27)7-2/h8-9,12,15,20-23,29-30H,6-7,10-11,13-14,16-19H2,1-5H3,(H,39,47)(H,40,45)(H,41,46)/t21?,22-,29?,30+/m0/s1. The minimum atomic E-state index is -2.76. The Morgan fingerprint density at radius 3 is 2.25 bits per heavy atom. The summed E-state index contributed by atoms with van der Waals surface area (Å²) in [6.07, 6.45) is 1.40. The van der Waals surface area contributed by atoms with Gasteiger partial charge in [0, 0.05) is 64.1 Å². The number of carbonyl (C=O) groups excluding carboxylic acids is 4. The second-order valence-electron chi connectivity index (χ2n) is 13.1. The lowest BCUT2D eigenvalue weighted by Gasteiger charge is -2.36. The third kappa shape index (κ3) is 8.94. The van der Waals surface area contributed by atoms with Crippen molar-refractivity contribution in [3.63, 3.8) is 0 Å². The van der Waals surface area contributed by atoms with Gasteiger partial charge in [0.15, 0.2) is 0 Å². The van der Waals surface area contributed by atoms with Crippen LogP contribution in [0.1, 0.15) is 81.8 Å². The predicted molar refractivity (Wildman–Crippen MR) is 175 cm³/mol. The Kier molecular flexibility index (Phi) is 12.3. The number of hydrogen-bond acceptors (Lipinski definition) is 6. The molecular formula is C34H48F3N7O4. The van der Waals surface area contributed by atoms with Gasteiger partial charge in [-0.25, -0.2) is 13.2 Å². The highest BCUT2D eigenvalue weighted by Crippen LogP contribution is 2.40. The van der Waals surface area contributed by atoms with Crippen LogP contribution < -0.4 is 16.0 Å². The molecule has 48 heavy (non-hydrogen) atoms. The molecule has 3 N–H and O–H groups in total. The molecule has 2 unspecified atom stereocenters. The van der Waals surface area contributed by atoms with E-state index in [2.05, 4.69) is 25.9 Å². The van der Waals surface area contributed by atoms with Gasteiger partial charge in [-0.3, -0.25) is 23.9 Å². The van der Waals surface area contributed by atoms with Crippen molar-refractivity contribution in [3.8, 4) is 0 Å². The second kappa shape index (κ2) is 16.0. The summed E-state index contributed by atoms with van der Waals surface area (Å²) < 4.78 is 45.0. The molecule has 2 fully saturated rings. The van der Waals surface area contributed by atoms with E-state index in [0.29, 0.717) is 38.3 Å². The molecule has 1 aromatic heterocycles. The van der Waals surface area contributed by atoms with Crippen molar-refractivity contribution >= 4 is 29.3 Å². The molecule has 4 amide bonds. The summed E-state index contributed by atoms with van der Waals surface area (Å²) in [5, 5.41) is 12.3. The van der Waals surface area contributed by atoms with Crippen LogP contribution in [0.15, 0.2) is 30.5 Å². The molecule has 264 valence electrons. The maximum Gasteiger partial charge on any atom is 0.270 e. The van der Waals surface area contributed by atoms with Crippen molar-refractivity contribution in [2.75, 3.05) is 38.5 Å². The van der Waals surface area contributed by atoms with Crippen LogP contribution in [0.2, 0.25) is 0 Å². The number of anilines is 1. The monoisotopic (exact) mass is 675 g/mol. The summed E-state index contributed by atoms with van der Waals surface area (Å²) in [5.41, 5.74) is 0.539. The van der Waals surface area contributed by atoms with E-state index in [1.807, 2.05) is 14.0 Å². The van der Waals surface area contributed by atoms with E-state index in [1.54, 1.807) is 31.7 Å². The van der Waals surface area contributed by atoms with Crippen LogP contribution in [0, 0.1) is 17.7 Å². The van der Waals surface area contributed by atoms with E-state index < -0.39 is 47.5 Å². The summed E-state index contributed by atoms with van der Waals surface area (Å²) in [5.74, 6) is -6.71. The molecule has 0 spiro atoms. The van der Waals surface area contributed by atoms with Crippen LogP contribution in [0.4, 0.5) is 18.9 Å². The van der Waals surface area contributed by atoms with Crippen molar-refractivity contribution < 1.29 is 32.3 Å². The lowest BCUT2D eigenvalue weighted by molar-refractivity contribution is -0.138. The zero-order valence-corrected chi connectivity index (χ0v) is 28.4. The largest absolute Gasteiger partial charge is 0.344 e. The number of rotatable bonds is 12. The van der Waals surface area contributed by atoms with Crippen molar-refractivity contribution in [1.29, 1.82) is 0 Å². The Labute approximate surface area is 280 Å². The number of amides is 4. The molecule has 1 saturated carbocycles. The maximum atomic E-state index is 15.7. The number of nitrogens with one attached hydrogen (secondary N) is 3. The quantitative estimate of drug-likeness (QED) is 0.312. The molecule has 4 atom stereocenters. The number of aromatic nitrogens is 2. The normalized spacial score (nSPS) is 19.5. The van der Waals surface area contributed by atoms with E-state index in [4.69, 9.17) is 0 Å². The van der Waals surface area contributed by atoms with Crippen LogP contribution in [0.3, 0.4) is 0 Å². The highest BCUT2D eigenvalue weighted by atomic mass is 19.3. The van der Waals surface area contributed by atoms with E-state index in [9.17, 15) is 28.0 Å². The van der Waals surface area contributed by atoms with Crippen molar-refractivity contribution in [2.24, 2.45) is 11.8 Å². The first-order chi connectivity index (χ1) is 22.7. The van der Waals surface area contributed by atoms with Gasteiger partial charge in [0.25, 0.3) is 5.91 Å². The topological polar surface area (TPSA) is 129 Å². The number of nitrogens with zero attached hydrogens (tertiary/aromatic N) is 4. The van der Waals surface area contributed by atoms with Gasteiger partial charge in [0.05, 0.1) is 5.69 Å². The van der Waals surface area contributed by atoms with Crippen LogP contribution in [0.25, 0.3) is 0 Å². The first kappa shape index (κ1) is 36.9. The van der Waals surface area contributed by atoms with Crippen molar-refractivity contribution in [1.82, 2.24) is 30.2 Å². The molecule has 2 aromatic rings. The minimum absolute atomic E-state index is 0.143. The maximum absolute atomic E-state index is 15.7. The number of halogens is 3. The summed E-state index contributed by atoms with van der Waals surface area (Å²) in [7, 11) is 1.97. The summed E-state index contributed by atoms with van der Waals surface area (Å²) in [6.45, 7) is 9.82. The number of hydrogen-bond donors (Lipinski definition) is 3. The van der Waals surface area contributed by atoms with Gasteiger partial charge in [-0.15, -0.1) is 0 Å². The third-order valence-electron chi connectivity index (χ3n) is 9.84. The van der Waals surface area contributed by atoms with Gasteiger partial charge in [-0.2, -0.15) is 5.10 Å². The van der Waals surface area contributed by atoms with Gasteiger partial charge in [-0.05, 0) is 62.4 Å². The third-order valence-corrected chi connectivity index (χ3v) is 9.84. The Morgan fingerprint density at radius 1 is 0.979 bits per heavy atom. The van der Waals surface area contributed by atoms with Crippen LogP contribution >= 0.6 is 0 Å². The fourth-order valence-corrected chi connectivity index (χ4v) is 6.51. The summed E-state index contributed by atoms with van der Waals surface area (Å²) in [4.78, 5) is 56.8. The molecule has 14 heteroatoms. The lowest BCUT2D eigenvalue weighted by Crippen LogP contribution is -2.55. The molecule has 2 aliphatic rings. The zero-order chi connectivity index (χ0) is 35.2. The van der Waals surface area contributed by atoms with Crippen molar-refractivity contribution in [2.45, 2.75) is 90.3 Å². The Morgan fingerprint density at radius 2 is 1.65 bits per heavy atom. The number of aryl methyl sites for hydroxylation is 1. The Bertz CT molecular complexity index is 1450. The van der Waals surface area contributed by atoms with Gasteiger partial charge in [0.2, 0.25) is 23.6 Å². The molecule has 11 nitrogen and oxygen atoms in total. The fourth-order valence-electron chi connectivity index (χ4n) is 6.51. The van der Waals surface area contributed by atoms with Gasteiger partial charge in [0.1, 0.15) is 23.6 Å². The number of carbonyl (C=O) groups is 4. The average molecular weight is 676 g/mol. The zero-order valence-electron chi connectivity index (χ0n) is 28.4. The highest BCUT2D eigenvalue weighted by molar-refractivity contribution is 6.00. The smallest absolute Gasteiger partial charge is 0.270 e. The molecule has 2 heterocycles. The highest BCUT2D eigenvalue weighted by Gasteiger charge is 2.41. The van der Waals surface area contributed by atoms with Crippen LogP contribution in [-0.4, -0.2) is 94.4 Å². The number of benzene rings is 1. The first-order valence-electron chi connectivity index (χ1n) is 16.8. The molecule has 1 saturated heterocycles. The van der Waals surface area contributed by atoms with E-state index in [0.717, 1.165) is 0 Å². The Balaban J connectivity index is 1.54. The molecule has 1 aliphatic carbocycles. The summed E-state index contributed by atoms with van der Waals surface area (Å²) >= 11 is 0. The SMILES string of the molecule is CCC(=O)N[C@@H](C(=O)N1CCN(C)CC1)[C@@H](C)c1ccc(NC(=O)C(NC(=O)c2ccnn2CC)C(C)C2CCC(F)(F)CC2)c(F)c1. The molecular weight excluding hydrogens is 627 g/mol. The number of piperazine rings is 1. The van der Waals surface area contributed by atoms with Crippen molar-refractivity contribution in [3.05, 3.63) is 47.5 Å². The minimum Gasteiger partial charge on any atom is -0.344 e. The van der Waals surface area contributed by atoms with Crippen LogP contribution in [-0.2, 0) is 20.9 Å². The first-order valence-corrected chi connectivity index (χ1v) is 16.8. The van der Waals surface area contributed by atoms with Gasteiger partial charge < -0.3 is 25.8 Å². The number of likely N-dealkylation sites (N-methyl/N-ethyl adjacent to an activating group) is 1. The average Bonchev–Trinajstić information content (AvgIpc) is 3.55.